The van der Waals surface area contributed by atoms with Crippen LogP contribution in [0.25, 0.3) is 0 Å². The third-order valence-electron chi connectivity index (χ3n) is 3.30. The molecule has 2 N–H and O–H groups in total. The zero-order valence-corrected chi connectivity index (χ0v) is 7.34. The number of Topliss-reactive ketones (excluding diaryl/α,β-unsaturated/α-hetero) is 1. The summed E-state index contributed by atoms with van der Waals surface area (Å²) in [6.07, 6.45) is 2.61. The van der Waals surface area contributed by atoms with Crippen molar-refractivity contribution < 1.29 is 4.79 Å². The Hall–Kier alpha value is -1.31. The summed E-state index contributed by atoms with van der Waals surface area (Å²) in [5.74, 6) is 0.375. The summed E-state index contributed by atoms with van der Waals surface area (Å²) in [4.78, 5) is 11.7. The monoisotopic (exact) mass is 173 g/mol. The standard InChI is InChI=1S/C11H11NO/c12-8-3-1-2-7-6-9(13)11(4-5-11)10(7)8/h1-3H,4-6,12H2. The molecule has 1 aromatic carbocycles. The van der Waals surface area contributed by atoms with Crippen LogP contribution in [0.2, 0.25) is 0 Å². The van der Waals surface area contributed by atoms with E-state index in [-0.39, 0.29) is 5.41 Å². The summed E-state index contributed by atoms with van der Waals surface area (Å²) >= 11 is 0. The third-order valence-corrected chi connectivity index (χ3v) is 3.30. The summed E-state index contributed by atoms with van der Waals surface area (Å²) < 4.78 is 0. The quantitative estimate of drug-likeness (QED) is 0.603. The van der Waals surface area contributed by atoms with E-state index < -0.39 is 0 Å². The first kappa shape index (κ1) is 7.13. The SMILES string of the molecule is Nc1cccc2c1C1(CC1)C(=O)C2. The van der Waals surface area contributed by atoms with Crippen molar-refractivity contribution in [3.8, 4) is 0 Å². The zero-order valence-electron chi connectivity index (χ0n) is 7.34. The topological polar surface area (TPSA) is 43.1 Å². The molecule has 2 aliphatic carbocycles. The van der Waals surface area contributed by atoms with Gasteiger partial charge in [0, 0.05) is 12.1 Å². The van der Waals surface area contributed by atoms with Crippen molar-refractivity contribution in [1.82, 2.24) is 0 Å². The van der Waals surface area contributed by atoms with Crippen LogP contribution < -0.4 is 5.73 Å². The number of benzene rings is 1. The molecule has 0 aromatic heterocycles. The van der Waals surface area contributed by atoms with E-state index in [1.807, 2.05) is 18.2 Å². The lowest BCUT2D eigenvalue weighted by molar-refractivity contribution is -0.119. The molecule has 0 radical (unpaired) electrons. The minimum Gasteiger partial charge on any atom is -0.398 e. The van der Waals surface area contributed by atoms with Gasteiger partial charge in [-0.25, -0.2) is 0 Å². The van der Waals surface area contributed by atoms with Gasteiger partial charge in [-0.05, 0) is 30.0 Å². The molecule has 1 aromatic rings. The Kier molecular flexibility index (Phi) is 1.07. The average molecular weight is 173 g/mol. The highest BCUT2D eigenvalue weighted by molar-refractivity contribution is 6.01. The van der Waals surface area contributed by atoms with Crippen LogP contribution in [0.15, 0.2) is 18.2 Å². The maximum atomic E-state index is 11.7. The van der Waals surface area contributed by atoms with E-state index in [4.69, 9.17) is 5.73 Å². The fourth-order valence-corrected chi connectivity index (χ4v) is 2.49. The molecule has 0 bridgehead atoms. The molecule has 1 saturated carbocycles. The summed E-state index contributed by atoms with van der Waals surface area (Å²) in [5, 5.41) is 0. The molecule has 0 atom stereocenters. The normalized spacial score (nSPS) is 22.0. The minimum atomic E-state index is -0.138. The van der Waals surface area contributed by atoms with Gasteiger partial charge in [0.2, 0.25) is 0 Å². The van der Waals surface area contributed by atoms with Gasteiger partial charge in [0.25, 0.3) is 0 Å². The van der Waals surface area contributed by atoms with Crippen molar-refractivity contribution in [2.45, 2.75) is 24.7 Å². The summed E-state index contributed by atoms with van der Waals surface area (Å²) in [7, 11) is 0. The number of anilines is 1. The Labute approximate surface area is 76.7 Å². The van der Waals surface area contributed by atoms with Crippen molar-refractivity contribution in [2.24, 2.45) is 0 Å². The largest absolute Gasteiger partial charge is 0.398 e. The fourth-order valence-electron chi connectivity index (χ4n) is 2.49. The highest BCUT2D eigenvalue weighted by Crippen LogP contribution is 2.56. The number of rotatable bonds is 0. The van der Waals surface area contributed by atoms with Gasteiger partial charge in [-0.3, -0.25) is 4.79 Å². The van der Waals surface area contributed by atoms with Crippen LogP contribution in [0.5, 0.6) is 0 Å². The van der Waals surface area contributed by atoms with Crippen molar-refractivity contribution >= 4 is 11.5 Å². The van der Waals surface area contributed by atoms with Crippen LogP contribution in [-0.4, -0.2) is 5.78 Å². The lowest BCUT2D eigenvalue weighted by Crippen LogP contribution is -2.14. The predicted octanol–water partition coefficient (Wildman–Crippen LogP) is 1.43. The van der Waals surface area contributed by atoms with E-state index >= 15 is 0 Å². The summed E-state index contributed by atoms with van der Waals surface area (Å²) in [6, 6.07) is 5.86. The molecule has 2 nitrogen and oxygen atoms in total. The van der Waals surface area contributed by atoms with Crippen molar-refractivity contribution in [1.29, 1.82) is 0 Å². The number of nitrogens with two attached hydrogens (primary N) is 1. The first-order valence-electron chi connectivity index (χ1n) is 4.65. The number of fused-ring (bicyclic) bond motifs is 2. The number of hydrogen-bond donors (Lipinski definition) is 1. The Morgan fingerprint density at radius 2 is 2.08 bits per heavy atom. The van der Waals surface area contributed by atoms with Gasteiger partial charge >= 0.3 is 0 Å². The Bertz CT molecular complexity index is 405. The molecular formula is C11H11NO. The smallest absolute Gasteiger partial charge is 0.147 e. The second-order valence-corrected chi connectivity index (χ2v) is 4.06. The highest BCUT2D eigenvalue weighted by Gasteiger charge is 2.56. The van der Waals surface area contributed by atoms with Crippen LogP contribution in [0.3, 0.4) is 0 Å². The molecular weight excluding hydrogens is 162 g/mol. The fraction of sp³-hybridized carbons (Fsp3) is 0.364. The van der Waals surface area contributed by atoms with Crippen LogP contribution in [0.1, 0.15) is 24.0 Å². The first-order valence-corrected chi connectivity index (χ1v) is 4.65. The van der Waals surface area contributed by atoms with Crippen LogP contribution >= 0.6 is 0 Å². The van der Waals surface area contributed by atoms with Gasteiger partial charge in [0.1, 0.15) is 5.78 Å². The molecule has 0 heterocycles. The van der Waals surface area contributed by atoms with Gasteiger partial charge in [-0.2, -0.15) is 0 Å². The highest BCUT2D eigenvalue weighted by atomic mass is 16.1. The summed E-state index contributed by atoms with van der Waals surface area (Å²) in [6.45, 7) is 0. The number of hydrogen-bond acceptors (Lipinski definition) is 2. The van der Waals surface area contributed by atoms with E-state index in [0.29, 0.717) is 12.2 Å². The number of ketones is 1. The van der Waals surface area contributed by atoms with Crippen molar-refractivity contribution in [3.63, 3.8) is 0 Å². The Morgan fingerprint density at radius 3 is 2.77 bits per heavy atom. The Balaban J connectivity index is 2.30. The molecule has 1 spiro atoms. The Morgan fingerprint density at radius 1 is 1.31 bits per heavy atom. The van der Waals surface area contributed by atoms with E-state index in [1.54, 1.807) is 0 Å². The molecule has 0 amide bonds. The van der Waals surface area contributed by atoms with Crippen LogP contribution in [0, 0.1) is 0 Å². The van der Waals surface area contributed by atoms with Gasteiger partial charge in [0.05, 0.1) is 5.41 Å². The molecule has 1 fully saturated rings. The van der Waals surface area contributed by atoms with Gasteiger partial charge < -0.3 is 5.73 Å². The van der Waals surface area contributed by atoms with Gasteiger partial charge in [-0.15, -0.1) is 0 Å². The molecule has 0 aliphatic heterocycles. The molecule has 66 valence electrons. The van der Waals surface area contributed by atoms with E-state index in [2.05, 4.69) is 0 Å². The third kappa shape index (κ3) is 0.711. The summed E-state index contributed by atoms with van der Waals surface area (Å²) in [5.41, 5.74) is 8.86. The van der Waals surface area contributed by atoms with E-state index in [1.165, 1.54) is 0 Å². The number of carbonyl (C=O) groups excluding carboxylic acids is 1. The molecule has 2 heteroatoms. The van der Waals surface area contributed by atoms with Crippen molar-refractivity contribution in [3.05, 3.63) is 29.3 Å². The molecule has 3 rings (SSSR count). The lowest BCUT2D eigenvalue weighted by Gasteiger charge is -2.09. The maximum absolute atomic E-state index is 11.7. The minimum absolute atomic E-state index is 0.138. The van der Waals surface area contributed by atoms with E-state index in [9.17, 15) is 4.79 Å². The van der Waals surface area contributed by atoms with Crippen LogP contribution in [-0.2, 0) is 16.6 Å². The molecule has 2 aliphatic rings. The average Bonchev–Trinajstić information content (AvgIpc) is 2.79. The van der Waals surface area contributed by atoms with Gasteiger partial charge in [-0.1, -0.05) is 12.1 Å². The van der Waals surface area contributed by atoms with Gasteiger partial charge in [0.15, 0.2) is 0 Å². The van der Waals surface area contributed by atoms with Crippen molar-refractivity contribution in [2.75, 3.05) is 5.73 Å². The molecule has 0 unspecified atom stereocenters. The van der Waals surface area contributed by atoms with E-state index in [0.717, 1.165) is 29.7 Å². The number of nitrogen functional groups attached to an aromatic ring is 1. The van der Waals surface area contributed by atoms with Crippen LogP contribution in [0.4, 0.5) is 5.69 Å². The predicted molar refractivity (Wildman–Crippen MR) is 50.5 cm³/mol. The zero-order chi connectivity index (χ0) is 9.05. The maximum Gasteiger partial charge on any atom is 0.147 e. The second kappa shape index (κ2) is 1.95. The lowest BCUT2D eigenvalue weighted by atomic mass is 9.96. The second-order valence-electron chi connectivity index (χ2n) is 4.06. The molecule has 0 saturated heterocycles. The molecule has 13 heavy (non-hydrogen) atoms. The first-order chi connectivity index (χ1) is 6.24. The number of carbonyl (C=O) groups is 1.